The maximum absolute atomic E-state index is 11.1. The van der Waals surface area contributed by atoms with Gasteiger partial charge in [0.2, 0.25) is 0 Å². The van der Waals surface area contributed by atoms with Gasteiger partial charge in [-0.05, 0) is 19.8 Å². The molecule has 0 radical (unpaired) electrons. The summed E-state index contributed by atoms with van der Waals surface area (Å²) in [7, 11) is 0. The summed E-state index contributed by atoms with van der Waals surface area (Å²) in [6, 6.07) is 0. The van der Waals surface area contributed by atoms with Gasteiger partial charge in [0.05, 0.1) is 0 Å². The zero-order valence-corrected chi connectivity index (χ0v) is 9.69. The number of halogens is 1. The van der Waals surface area contributed by atoms with Crippen LogP contribution in [0.25, 0.3) is 0 Å². The standard InChI is InChI=1S/C10H15BrO2/c1-3-6-9(4-2)13-10(12)7-5-8-11/h9H,4-5,7-8H2,1-2H3. The normalized spacial score (nSPS) is 11.3. The average molecular weight is 247 g/mol. The van der Waals surface area contributed by atoms with Gasteiger partial charge < -0.3 is 4.74 Å². The van der Waals surface area contributed by atoms with Gasteiger partial charge >= 0.3 is 5.97 Å². The topological polar surface area (TPSA) is 26.3 Å². The summed E-state index contributed by atoms with van der Waals surface area (Å²) in [4.78, 5) is 11.1. The first-order chi connectivity index (χ1) is 6.24. The quantitative estimate of drug-likeness (QED) is 0.424. The molecule has 0 aliphatic carbocycles. The SMILES string of the molecule is CC#CC(CC)OC(=O)CCCBr. The minimum absolute atomic E-state index is 0.158. The number of hydrogen-bond donors (Lipinski definition) is 0. The molecule has 0 heterocycles. The molecule has 13 heavy (non-hydrogen) atoms. The van der Waals surface area contributed by atoms with Crippen molar-refractivity contribution >= 4 is 21.9 Å². The van der Waals surface area contributed by atoms with Gasteiger partial charge in [0.1, 0.15) is 0 Å². The van der Waals surface area contributed by atoms with Gasteiger partial charge in [0, 0.05) is 11.8 Å². The molecule has 0 spiro atoms. The monoisotopic (exact) mass is 246 g/mol. The Bertz CT molecular complexity index is 203. The van der Waals surface area contributed by atoms with E-state index in [9.17, 15) is 4.79 Å². The van der Waals surface area contributed by atoms with Crippen LogP contribution in [0.15, 0.2) is 0 Å². The van der Waals surface area contributed by atoms with Gasteiger partial charge in [-0.25, -0.2) is 0 Å². The van der Waals surface area contributed by atoms with Crippen LogP contribution in [-0.2, 0) is 9.53 Å². The minimum Gasteiger partial charge on any atom is -0.449 e. The van der Waals surface area contributed by atoms with Crippen molar-refractivity contribution in [3.63, 3.8) is 0 Å². The lowest BCUT2D eigenvalue weighted by Crippen LogP contribution is -2.15. The molecule has 1 atom stereocenters. The first-order valence-corrected chi connectivity index (χ1v) is 5.54. The lowest BCUT2D eigenvalue weighted by Gasteiger charge is -2.09. The lowest BCUT2D eigenvalue weighted by molar-refractivity contribution is -0.146. The van der Waals surface area contributed by atoms with E-state index >= 15 is 0 Å². The maximum atomic E-state index is 11.1. The molecular formula is C10H15BrO2. The summed E-state index contributed by atoms with van der Waals surface area (Å²) >= 11 is 3.26. The fourth-order valence-electron chi connectivity index (χ4n) is 0.805. The molecule has 2 nitrogen and oxygen atoms in total. The van der Waals surface area contributed by atoms with Crippen LogP contribution in [0.5, 0.6) is 0 Å². The zero-order chi connectivity index (χ0) is 10.1. The molecular weight excluding hydrogens is 232 g/mol. The second-order valence-corrected chi connectivity index (χ2v) is 3.37. The molecule has 0 rings (SSSR count). The number of hydrogen-bond acceptors (Lipinski definition) is 2. The Hall–Kier alpha value is -0.490. The molecule has 0 aromatic rings. The number of esters is 1. The van der Waals surface area contributed by atoms with Gasteiger partial charge in [-0.15, -0.1) is 5.92 Å². The summed E-state index contributed by atoms with van der Waals surface area (Å²) in [6.45, 7) is 3.70. The van der Waals surface area contributed by atoms with Crippen molar-refractivity contribution in [2.24, 2.45) is 0 Å². The fourth-order valence-corrected chi connectivity index (χ4v) is 1.08. The molecule has 1 unspecified atom stereocenters. The van der Waals surface area contributed by atoms with Crippen LogP contribution in [-0.4, -0.2) is 17.4 Å². The molecule has 0 aliphatic heterocycles. The molecule has 0 N–H and O–H groups in total. The summed E-state index contributed by atoms with van der Waals surface area (Å²) in [6.07, 6.45) is 1.80. The van der Waals surface area contributed by atoms with Crippen molar-refractivity contribution in [2.75, 3.05) is 5.33 Å². The van der Waals surface area contributed by atoms with Crippen molar-refractivity contribution in [1.29, 1.82) is 0 Å². The maximum Gasteiger partial charge on any atom is 0.307 e. The van der Waals surface area contributed by atoms with Crippen LogP contribution in [0.1, 0.15) is 33.1 Å². The third-order valence-corrected chi connectivity index (χ3v) is 2.03. The van der Waals surface area contributed by atoms with Crippen molar-refractivity contribution in [2.45, 2.75) is 39.2 Å². The van der Waals surface area contributed by atoms with E-state index in [1.807, 2.05) is 6.92 Å². The van der Waals surface area contributed by atoms with Gasteiger partial charge in [-0.3, -0.25) is 4.79 Å². The van der Waals surface area contributed by atoms with E-state index in [1.54, 1.807) is 6.92 Å². The second kappa shape index (κ2) is 8.12. The smallest absolute Gasteiger partial charge is 0.307 e. The van der Waals surface area contributed by atoms with Crippen LogP contribution >= 0.6 is 15.9 Å². The average Bonchev–Trinajstić information content (AvgIpc) is 2.14. The predicted octanol–water partition coefficient (Wildman–Crippen LogP) is 2.51. The molecule has 0 aliphatic rings. The van der Waals surface area contributed by atoms with Gasteiger partial charge in [0.25, 0.3) is 0 Å². The molecule has 74 valence electrons. The fraction of sp³-hybridized carbons (Fsp3) is 0.700. The highest BCUT2D eigenvalue weighted by atomic mass is 79.9. The van der Waals surface area contributed by atoms with E-state index < -0.39 is 0 Å². The lowest BCUT2D eigenvalue weighted by atomic mass is 10.3. The van der Waals surface area contributed by atoms with Gasteiger partial charge in [-0.1, -0.05) is 28.8 Å². The first-order valence-electron chi connectivity index (χ1n) is 4.42. The molecule has 0 aromatic carbocycles. The Labute approximate surface area is 88.2 Å². The van der Waals surface area contributed by atoms with E-state index in [2.05, 4.69) is 27.8 Å². The van der Waals surface area contributed by atoms with Crippen molar-refractivity contribution in [1.82, 2.24) is 0 Å². The Morgan fingerprint density at radius 3 is 2.77 bits per heavy atom. The Balaban J connectivity index is 3.77. The molecule has 0 aromatic heterocycles. The highest BCUT2D eigenvalue weighted by Gasteiger charge is 2.08. The summed E-state index contributed by atoms with van der Waals surface area (Å²) in [5, 5.41) is 0.832. The minimum atomic E-state index is -0.229. The van der Waals surface area contributed by atoms with E-state index in [0.717, 1.165) is 18.2 Å². The van der Waals surface area contributed by atoms with Crippen molar-refractivity contribution in [3.05, 3.63) is 0 Å². The van der Waals surface area contributed by atoms with Crippen molar-refractivity contribution in [3.8, 4) is 11.8 Å². The van der Waals surface area contributed by atoms with E-state index in [0.29, 0.717) is 6.42 Å². The van der Waals surface area contributed by atoms with E-state index in [4.69, 9.17) is 4.74 Å². The number of alkyl halides is 1. The van der Waals surface area contributed by atoms with Gasteiger partial charge in [0.15, 0.2) is 6.10 Å². The molecule has 0 amide bonds. The largest absolute Gasteiger partial charge is 0.449 e. The zero-order valence-electron chi connectivity index (χ0n) is 8.10. The third-order valence-electron chi connectivity index (χ3n) is 1.46. The number of rotatable bonds is 5. The number of carbonyl (C=O) groups excluding carboxylic acids is 1. The van der Waals surface area contributed by atoms with Crippen LogP contribution in [0.4, 0.5) is 0 Å². The van der Waals surface area contributed by atoms with Crippen LogP contribution in [0.2, 0.25) is 0 Å². The van der Waals surface area contributed by atoms with Crippen LogP contribution < -0.4 is 0 Å². The Morgan fingerprint density at radius 1 is 1.62 bits per heavy atom. The summed E-state index contributed by atoms with van der Waals surface area (Å²) in [5.74, 6) is 5.42. The Morgan fingerprint density at radius 2 is 2.31 bits per heavy atom. The summed E-state index contributed by atoms with van der Waals surface area (Å²) in [5.41, 5.74) is 0. The highest BCUT2D eigenvalue weighted by molar-refractivity contribution is 9.09. The Kier molecular flexibility index (Phi) is 7.82. The highest BCUT2D eigenvalue weighted by Crippen LogP contribution is 2.02. The number of ether oxygens (including phenoxy) is 1. The second-order valence-electron chi connectivity index (χ2n) is 2.57. The first kappa shape index (κ1) is 12.5. The van der Waals surface area contributed by atoms with E-state index in [1.165, 1.54) is 0 Å². The van der Waals surface area contributed by atoms with E-state index in [-0.39, 0.29) is 12.1 Å². The molecule has 0 fully saturated rings. The van der Waals surface area contributed by atoms with Gasteiger partial charge in [-0.2, -0.15) is 0 Å². The molecule has 0 saturated carbocycles. The van der Waals surface area contributed by atoms with Crippen molar-refractivity contribution < 1.29 is 9.53 Å². The molecule has 0 bridgehead atoms. The molecule has 3 heteroatoms. The number of carbonyl (C=O) groups is 1. The van der Waals surface area contributed by atoms with Crippen LogP contribution in [0.3, 0.4) is 0 Å². The van der Waals surface area contributed by atoms with Crippen LogP contribution in [0, 0.1) is 11.8 Å². The molecule has 0 saturated heterocycles. The predicted molar refractivity (Wildman–Crippen MR) is 56.6 cm³/mol. The third kappa shape index (κ3) is 6.65. The summed E-state index contributed by atoms with van der Waals surface area (Å²) < 4.78 is 5.11.